The van der Waals surface area contributed by atoms with Gasteiger partial charge in [0.15, 0.2) is 0 Å². The molecule has 3 rings (SSSR count). The third kappa shape index (κ3) is 1.72. The van der Waals surface area contributed by atoms with E-state index >= 15 is 0 Å². The largest absolute Gasteiger partial charge is 0.376 e. The first-order valence-corrected chi connectivity index (χ1v) is 8.27. The van der Waals surface area contributed by atoms with Crippen LogP contribution >= 0.6 is 0 Å². The summed E-state index contributed by atoms with van der Waals surface area (Å²) in [6, 6.07) is 11.0. The summed E-state index contributed by atoms with van der Waals surface area (Å²) in [5.41, 5.74) is 7.77. The second-order valence-corrected chi connectivity index (χ2v) is 7.85. The Kier molecular flexibility index (Phi) is 3.46. The fraction of sp³-hybridized carbons (Fsp3) is 0.684. The molecule has 2 bridgehead atoms. The molecular weight excluding hydrogens is 258 g/mol. The van der Waals surface area contributed by atoms with Crippen molar-refractivity contribution in [3.8, 4) is 0 Å². The number of rotatable bonds is 4. The Morgan fingerprint density at radius 1 is 1.14 bits per heavy atom. The minimum atomic E-state index is 0.0653. The van der Waals surface area contributed by atoms with Crippen molar-refractivity contribution in [2.45, 2.75) is 52.1 Å². The van der Waals surface area contributed by atoms with Crippen molar-refractivity contribution in [2.24, 2.45) is 22.5 Å². The van der Waals surface area contributed by atoms with Crippen LogP contribution in [0.5, 0.6) is 0 Å². The minimum Gasteiger partial charge on any atom is -0.376 e. The van der Waals surface area contributed by atoms with Crippen LogP contribution in [0.1, 0.15) is 46.1 Å². The van der Waals surface area contributed by atoms with E-state index in [1.54, 1.807) is 0 Å². The summed E-state index contributed by atoms with van der Waals surface area (Å²) in [6.07, 6.45) is 2.84. The maximum atomic E-state index is 6.33. The van der Waals surface area contributed by atoms with Crippen molar-refractivity contribution >= 4 is 0 Å². The van der Waals surface area contributed by atoms with Crippen LogP contribution in [0, 0.1) is 16.7 Å². The van der Waals surface area contributed by atoms with Crippen LogP contribution < -0.4 is 5.73 Å². The Labute approximate surface area is 129 Å². The van der Waals surface area contributed by atoms with E-state index < -0.39 is 0 Å². The number of fused-ring (bicyclic) bond motifs is 2. The molecule has 1 unspecified atom stereocenters. The fourth-order valence-corrected chi connectivity index (χ4v) is 5.46. The Balaban J connectivity index is 2.11. The van der Waals surface area contributed by atoms with Gasteiger partial charge in [-0.25, -0.2) is 0 Å². The minimum absolute atomic E-state index is 0.0653. The number of ether oxygens (including phenoxy) is 1. The molecule has 0 heterocycles. The molecule has 2 N–H and O–H groups in total. The van der Waals surface area contributed by atoms with Gasteiger partial charge >= 0.3 is 0 Å². The van der Waals surface area contributed by atoms with Gasteiger partial charge in [0.05, 0.1) is 12.7 Å². The molecule has 1 aromatic carbocycles. The molecule has 1 aromatic rings. The molecule has 2 aliphatic carbocycles. The predicted molar refractivity (Wildman–Crippen MR) is 87.2 cm³/mol. The van der Waals surface area contributed by atoms with E-state index in [0.717, 1.165) is 0 Å². The van der Waals surface area contributed by atoms with Gasteiger partial charge in [-0.05, 0) is 35.2 Å². The number of nitrogens with two attached hydrogens (primary N) is 1. The van der Waals surface area contributed by atoms with Gasteiger partial charge in [-0.3, -0.25) is 0 Å². The summed E-state index contributed by atoms with van der Waals surface area (Å²) in [5.74, 6) is 0.624. The zero-order valence-electron chi connectivity index (χ0n) is 13.9. The van der Waals surface area contributed by atoms with Crippen LogP contribution in [-0.4, -0.2) is 19.3 Å². The van der Waals surface area contributed by atoms with Crippen molar-refractivity contribution < 1.29 is 4.74 Å². The van der Waals surface area contributed by atoms with Gasteiger partial charge < -0.3 is 10.5 Å². The molecule has 2 nitrogen and oxygen atoms in total. The summed E-state index contributed by atoms with van der Waals surface area (Å²) in [6.45, 7) is 11.0. The van der Waals surface area contributed by atoms with Crippen LogP contribution in [0.4, 0.5) is 0 Å². The third-order valence-electron chi connectivity index (χ3n) is 7.17. The molecule has 0 aromatic heterocycles. The molecule has 0 radical (unpaired) electrons. The zero-order valence-corrected chi connectivity index (χ0v) is 13.9. The molecule has 0 spiro atoms. The van der Waals surface area contributed by atoms with E-state index in [1.807, 2.05) is 0 Å². The van der Waals surface area contributed by atoms with Gasteiger partial charge in [-0.1, -0.05) is 58.0 Å². The lowest BCUT2D eigenvalue weighted by Gasteiger charge is -2.49. The van der Waals surface area contributed by atoms with Crippen LogP contribution in [-0.2, 0) is 10.2 Å². The SMILES string of the molecule is CC1(C)[C@H]2CC[C@@]1(C)[C@](C)(c1ccccc1)C2OCCN. The van der Waals surface area contributed by atoms with Gasteiger partial charge in [-0.2, -0.15) is 0 Å². The summed E-state index contributed by atoms with van der Waals surface area (Å²) >= 11 is 0. The molecule has 4 atom stereocenters. The van der Waals surface area contributed by atoms with Gasteiger partial charge in [0.2, 0.25) is 0 Å². The average molecular weight is 287 g/mol. The summed E-state index contributed by atoms with van der Waals surface area (Å²) < 4.78 is 6.33. The van der Waals surface area contributed by atoms with Gasteiger partial charge in [0.25, 0.3) is 0 Å². The van der Waals surface area contributed by atoms with Crippen molar-refractivity contribution in [3.05, 3.63) is 35.9 Å². The van der Waals surface area contributed by atoms with E-state index in [4.69, 9.17) is 10.5 Å². The van der Waals surface area contributed by atoms with E-state index in [1.165, 1.54) is 18.4 Å². The Bertz CT molecular complexity index is 512. The van der Waals surface area contributed by atoms with E-state index in [2.05, 4.69) is 58.0 Å². The highest BCUT2D eigenvalue weighted by atomic mass is 16.5. The van der Waals surface area contributed by atoms with Crippen LogP contribution in [0.15, 0.2) is 30.3 Å². The molecular formula is C19H29NO. The lowest BCUT2D eigenvalue weighted by Crippen LogP contribution is -2.49. The van der Waals surface area contributed by atoms with Gasteiger partial charge in [-0.15, -0.1) is 0 Å². The quantitative estimate of drug-likeness (QED) is 0.915. The lowest BCUT2D eigenvalue weighted by atomic mass is 9.56. The molecule has 2 saturated carbocycles. The molecule has 2 aliphatic rings. The topological polar surface area (TPSA) is 35.2 Å². The molecule has 116 valence electrons. The van der Waals surface area contributed by atoms with Crippen LogP contribution in [0.25, 0.3) is 0 Å². The maximum absolute atomic E-state index is 6.33. The van der Waals surface area contributed by atoms with Gasteiger partial charge in [0.1, 0.15) is 0 Å². The lowest BCUT2D eigenvalue weighted by molar-refractivity contribution is -0.0447. The molecule has 0 saturated heterocycles. The van der Waals surface area contributed by atoms with Gasteiger partial charge in [0, 0.05) is 12.0 Å². The third-order valence-corrected chi connectivity index (χ3v) is 7.17. The normalized spacial score (nSPS) is 40.6. The summed E-state index contributed by atoms with van der Waals surface area (Å²) in [5, 5.41) is 0. The summed E-state index contributed by atoms with van der Waals surface area (Å²) in [7, 11) is 0. The standard InChI is InChI=1S/C19H29NO/c1-17(2)15-10-11-18(17,3)19(4,16(15)21-13-12-20)14-8-6-5-7-9-14/h5-9,15-16H,10-13,20H2,1-4H3/t15-,16?,18+,19+/m0/s1. The van der Waals surface area contributed by atoms with Crippen molar-refractivity contribution in [1.82, 2.24) is 0 Å². The second kappa shape index (κ2) is 4.82. The number of hydrogen-bond acceptors (Lipinski definition) is 2. The highest BCUT2D eigenvalue weighted by Gasteiger charge is 2.72. The molecule has 21 heavy (non-hydrogen) atoms. The van der Waals surface area contributed by atoms with E-state index in [9.17, 15) is 0 Å². The maximum Gasteiger partial charge on any atom is 0.0708 e. The van der Waals surface area contributed by atoms with Crippen molar-refractivity contribution in [3.63, 3.8) is 0 Å². The smallest absolute Gasteiger partial charge is 0.0708 e. The molecule has 2 heteroatoms. The van der Waals surface area contributed by atoms with Crippen LogP contribution in [0.3, 0.4) is 0 Å². The Morgan fingerprint density at radius 2 is 1.81 bits per heavy atom. The first-order chi connectivity index (χ1) is 9.89. The highest BCUT2D eigenvalue weighted by Crippen LogP contribution is 2.73. The van der Waals surface area contributed by atoms with E-state index in [0.29, 0.717) is 24.5 Å². The molecule has 0 aliphatic heterocycles. The number of hydrogen-bond donors (Lipinski definition) is 1. The Hall–Kier alpha value is -0.860. The predicted octanol–water partition coefficient (Wildman–Crippen LogP) is 3.74. The molecule has 2 fully saturated rings. The Morgan fingerprint density at radius 3 is 2.43 bits per heavy atom. The summed E-state index contributed by atoms with van der Waals surface area (Å²) in [4.78, 5) is 0. The molecule has 0 amide bonds. The van der Waals surface area contributed by atoms with Crippen molar-refractivity contribution in [1.29, 1.82) is 0 Å². The average Bonchev–Trinajstić information content (AvgIpc) is 2.78. The van der Waals surface area contributed by atoms with Crippen LogP contribution in [0.2, 0.25) is 0 Å². The first-order valence-electron chi connectivity index (χ1n) is 8.27. The fourth-order valence-electron chi connectivity index (χ4n) is 5.46. The monoisotopic (exact) mass is 287 g/mol. The number of benzene rings is 1. The van der Waals surface area contributed by atoms with Crippen molar-refractivity contribution in [2.75, 3.05) is 13.2 Å². The second-order valence-electron chi connectivity index (χ2n) is 7.85. The first kappa shape index (κ1) is 15.1. The van der Waals surface area contributed by atoms with E-state index in [-0.39, 0.29) is 16.9 Å². The highest BCUT2D eigenvalue weighted by molar-refractivity contribution is 5.37. The zero-order chi connectivity index (χ0) is 15.3.